The molecule has 0 unspecified atom stereocenters. The number of aliphatic hydroxyl groups excluding tert-OH is 1. The van der Waals surface area contributed by atoms with Crippen LogP contribution in [0.3, 0.4) is 0 Å². The lowest BCUT2D eigenvalue weighted by atomic mass is 10.1. The maximum absolute atomic E-state index is 10.1. The fourth-order valence-electron chi connectivity index (χ4n) is 3.05. The van der Waals surface area contributed by atoms with Crippen LogP contribution < -0.4 is 4.74 Å². The van der Waals surface area contributed by atoms with Gasteiger partial charge in [0.15, 0.2) is 0 Å². The Morgan fingerprint density at radius 2 is 2.00 bits per heavy atom. The molecule has 1 heterocycles. The maximum Gasteiger partial charge on any atom is 0.119 e. The van der Waals surface area contributed by atoms with Gasteiger partial charge in [0.1, 0.15) is 5.75 Å². The van der Waals surface area contributed by atoms with Crippen LogP contribution in [0.4, 0.5) is 0 Å². The van der Waals surface area contributed by atoms with Crippen LogP contribution in [0.25, 0.3) is 0 Å². The van der Waals surface area contributed by atoms with Crippen molar-refractivity contribution in [1.82, 2.24) is 9.47 Å². The van der Waals surface area contributed by atoms with E-state index in [1.54, 1.807) is 7.11 Å². The average Bonchev–Trinajstić information content (AvgIpc) is 3.06. The first-order valence-corrected chi connectivity index (χ1v) is 9.69. The molecule has 0 radical (unpaired) electrons. The summed E-state index contributed by atoms with van der Waals surface area (Å²) in [4.78, 5) is 2.38. The monoisotopic (exact) mass is 358 g/mol. The summed E-state index contributed by atoms with van der Waals surface area (Å²) in [5.41, 5.74) is 2.50. The van der Waals surface area contributed by atoms with E-state index in [4.69, 9.17) is 4.74 Å². The highest BCUT2D eigenvalue weighted by Gasteiger charge is 2.14. The van der Waals surface area contributed by atoms with Gasteiger partial charge in [-0.05, 0) is 55.1 Å². The zero-order chi connectivity index (χ0) is 18.9. The van der Waals surface area contributed by atoms with E-state index in [-0.39, 0.29) is 6.10 Å². The normalized spacial score (nSPS) is 12.7. The number of aromatic nitrogens is 1. The van der Waals surface area contributed by atoms with Gasteiger partial charge in [0.2, 0.25) is 0 Å². The van der Waals surface area contributed by atoms with E-state index in [0.717, 1.165) is 44.8 Å². The van der Waals surface area contributed by atoms with Gasteiger partial charge in [0.05, 0.1) is 13.2 Å². The van der Waals surface area contributed by atoms with Crippen LogP contribution >= 0.6 is 0 Å². The molecule has 0 amide bonds. The van der Waals surface area contributed by atoms with Crippen molar-refractivity contribution >= 4 is 0 Å². The highest BCUT2D eigenvalue weighted by molar-refractivity contribution is 5.29. The molecule has 1 N–H and O–H groups in total. The number of methoxy groups -OCH3 is 1. The van der Waals surface area contributed by atoms with E-state index in [0.29, 0.717) is 5.92 Å². The van der Waals surface area contributed by atoms with E-state index in [1.165, 1.54) is 11.3 Å². The summed E-state index contributed by atoms with van der Waals surface area (Å²) < 4.78 is 7.62. The third kappa shape index (κ3) is 6.50. The van der Waals surface area contributed by atoms with Crippen molar-refractivity contribution in [3.8, 4) is 5.75 Å². The van der Waals surface area contributed by atoms with Gasteiger partial charge in [0, 0.05) is 31.5 Å². The predicted molar refractivity (Wildman–Crippen MR) is 108 cm³/mol. The summed E-state index contributed by atoms with van der Waals surface area (Å²) in [7, 11) is 1.70. The fraction of sp³-hybridized carbons (Fsp3) is 0.545. The summed E-state index contributed by atoms with van der Waals surface area (Å²) >= 11 is 0. The summed E-state index contributed by atoms with van der Waals surface area (Å²) in [5, 5.41) is 10.1. The van der Waals surface area contributed by atoms with Gasteiger partial charge in [-0.1, -0.05) is 32.9 Å². The lowest BCUT2D eigenvalue weighted by molar-refractivity contribution is 0.101. The van der Waals surface area contributed by atoms with Crippen molar-refractivity contribution in [2.24, 2.45) is 5.92 Å². The molecular weight excluding hydrogens is 324 g/mol. The number of hydrogen-bond donors (Lipinski definition) is 1. The molecule has 0 aliphatic heterocycles. The third-order valence-electron chi connectivity index (χ3n) is 4.76. The number of rotatable bonds is 11. The molecule has 2 aromatic rings. The first-order chi connectivity index (χ1) is 12.5. The molecule has 0 saturated carbocycles. The van der Waals surface area contributed by atoms with Crippen LogP contribution in [0, 0.1) is 5.92 Å². The van der Waals surface area contributed by atoms with Crippen LogP contribution in [0.2, 0.25) is 0 Å². The molecule has 0 aliphatic carbocycles. The molecule has 0 aliphatic rings. The Balaban J connectivity index is 2.07. The van der Waals surface area contributed by atoms with Crippen molar-refractivity contribution in [1.29, 1.82) is 0 Å². The van der Waals surface area contributed by atoms with Crippen molar-refractivity contribution in [3.05, 3.63) is 53.9 Å². The number of hydrogen-bond acceptors (Lipinski definition) is 3. The van der Waals surface area contributed by atoms with Gasteiger partial charge in [-0.2, -0.15) is 0 Å². The van der Waals surface area contributed by atoms with E-state index in [2.05, 4.69) is 53.8 Å². The molecule has 2 rings (SSSR count). The topological polar surface area (TPSA) is 37.6 Å². The van der Waals surface area contributed by atoms with Crippen molar-refractivity contribution < 1.29 is 9.84 Å². The van der Waals surface area contributed by atoms with Crippen LogP contribution in [-0.2, 0) is 13.1 Å². The Kier molecular flexibility index (Phi) is 8.20. The maximum atomic E-state index is 10.1. The van der Waals surface area contributed by atoms with E-state index in [1.807, 2.05) is 19.1 Å². The Morgan fingerprint density at radius 1 is 1.19 bits per heavy atom. The number of aliphatic hydroxyl groups is 1. The summed E-state index contributed by atoms with van der Waals surface area (Å²) in [6.45, 7) is 9.97. The summed E-state index contributed by atoms with van der Waals surface area (Å²) in [6.07, 6.45) is 3.81. The Labute approximate surface area is 158 Å². The molecule has 144 valence electrons. The van der Waals surface area contributed by atoms with Crippen molar-refractivity contribution in [2.45, 2.75) is 52.8 Å². The second kappa shape index (κ2) is 10.4. The molecule has 4 heteroatoms. The minimum absolute atomic E-state index is 0.260. The Bertz CT molecular complexity index is 651. The highest BCUT2D eigenvalue weighted by atomic mass is 16.5. The van der Waals surface area contributed by atoms with E-state index in [9.17, 15) is 5.11 Å². The molecule has 1 atom stereocenters. The highest BCUT2D eigenvalue weighted by Crippen LogP contribution is 2.16. The van der Waals surface area contributed by atoms with Gasteiger partial charge in [-0.3, -0.25) is 4.90 Å². The van der Waals surface area contributed by atoms with Gasteiger partial charge >= 0.3 is 0 Å². The van der Waals surface area contributed by atoms with Crippen LogP contribution in [-0.4, -0.2) is 40.9 Å². The molecule has 0 spiro atoms. The van der Waals surface area contributed by atoms with Crippen LogP contribution in [0.5, 0.6) is 5.75 Å². The van der Waals surface area contributed by atoms with Gasteiger partial charge < -0.3 is 14.4 Å². The third-order valence-corrected chi connectivity index (χ3v) is 4.76. The molecule has 0 fully saturated rings. The number of nitrogens with zero attached hydrogens (tertiary/aromatic N) is 2. The molecule has 1 aromatic heterocycles. The Morgan fingerprint density at radius 3 is 2.69 bits per heavy atom. The second-order valence-corrected chi connectivity index (χ2v) is 7.46. The molecule has 1 aromatic carbocycles. The minimum atomic E-state index is -0.260. The van der Waals surface area contributed by atoms with Crippen molar-refractivity contribution in [2.75, 3.05) is 20.2 Å². The quantitative estimate of drug-likeness (QED) is 0.655. The average molecular weight is 359 g/mol. The van der Waals surface area contributed by atoms with Gasteiger partial charge in [-0.25, -0.2) is 0 Å². The van der Waals surface area contributed by atoms with E-state index >= 15 is 0 Å². The zero-order valence-electron chi connectivity index (χ0n) is 16.7. The van der Waals surface area contributed by atoms with Crippen LogP contribution in [0.1, 0.15) is 44.9 Å². The standard InChI is InChI=1S/C22H34N2O2/c1-5-21(25)17-23(13-11-18(2)3)16-20-9-7-12-24(20)15-19-8-6-10-22(14-19)26-4/h6-10,12,14,18,21,25H,5,11,13,15-17H2,1-4H3/t21-/m0/s1. The summed E-state index contributed by atoms with van der Waals surface area (Å²) in [5.74, 6) is 1.56. The fourth-order valence-corrected chi connectivity index (χ4v) is 3.05. The minimum Gasteiger partial charge on any atom is -0.497 e. The predicted octanol–water partition coefficient (Wildman–Crippen LogP) is 4.16. The first kappa shape index (κ1) is 20.5. The zero-order valence-corrected chi connectivity index (χ0v) is 16.7. The lowest BCUT2D eigenvalue weighted by Gasteiger charge is -2.26. The molecule has 0 saturated heterocycles. The lowest BCUT2D eigenvalue weighted by Crippen LogP contribution is -2.33. The van der Waals surface area contributed by atoms with Gasteiger partial charge in [-0.15, -0.1) is 0 Å². The van der Waals surface area contributed by atoms with Gasteiger partial charge in [0.25, 0.3) is 0 Å². The second-order valence-electron chi connectivity index (χ2n) is 7.46. The first-order valence-electron chi connectivity index (χ1n) is 9.69. The largest absolute Gasteiger partial charge is 0.497 e. The molecule has 26 heavy (non-hydrogen) atoms. The summed E-state index contributed by atoms with van der Waals surface area (Å²) in [6, 6.07) is 12.5. The Hall–Kier alpha value is -1.78. The van der Waals surface area contributed by atoms with Crippen molar-refractivity contribution in [3.63, 3.8) is 0 Å². The molecular formula is C22H34N2O2. The van der Waals surface area contributed by atoms with E-state index < -0.39 is 0 Å². The smallest absolute Gasteiger partial charge is 0.119 e. The van der Waals surface area contributed by atoms with Crippen LogP contribution in [0.15, 0.2) is 42.6 Å². The SMILES string of the molecule is CC[C@H](O)CN(CCC(C)C)Cc1cccn1Cc1cccc(OC)c1. The molecule has 4 nitrogen and oxygen atoms in total. The molecule has 0 bridgehead atoms. The number of ether oxygens (including phenoxy) is 1. The number of benzene rings is 1.